The van der Waals surface area contributed by atoms with Gasteiger partial charge in [0.1, 0.15) is 18.8 Å². The molecule has 0 aliphatic carbocycles. The Morgan fingerprint density at radius 2 is 1.71 bits per heavy atom. The number of cyclic esters (lactones) is 1. The molecule has 1 aliphatic rings. The van der Waals surface area contributed by atoms with Crippen LogP contribution in [0.15, 0.2) is 72.8 Å². The quantitative estimate of drug-likeness (QED) is 0.247. The number of aliphatic hydroxyl groups is 1. The van der Waals surface area contributed by atoms with Gasteiger partial charge in [0.05, 0.1) is 25.2 Å². The molecule has 2 aromatic carbocycles. The monoisotopic (exact) mass is 581 g/mol. The molecule has 0 bridgehead atoms. The zero-order valence-electron chi connectivity index (χ0n) is 23.9. The Balaban J connectivity index is 1.86. The van der Waals surface area contributed by atoms with E-state index in [0.29, 0.717) is 5.56 Å². The van der Waals surface area contributed by atoms with Gasteiger partial charge < -0.3 is 35.3 Å². The fourth-order valence-corrected chi connectivity index (χ4v) is 4.42. The number of rotatable bonds is 10. The van der Waals surface area contributed by atoms with Crippen molar-refractivity contribution in [3.8, 4) is 0 Å². The van der Waals surface area contributed by atoms with Crippen LogP contribution in [0, 0.1) is 5.92 Å². The van der Waals surface area contributed by atoms with E-state index >= 15 is 0 Å². The molecular weight excluding hydrogens is 542 g/mol. The molecule has 0 unspecified atom stereocenters. The highest BCUT2D eigenvalue weighted by atomic mass is 16.6. The molecule has 1 heterocycles. The number of nitrogens with one attached hydrogen (secondary N) is 3. The molecule has 11 heteroatoms. The van der Waals surface area contributed by atoms with E-state index in [-0.39, 0.29) is 45.0 Å². The van der Waals surface area contributed by atoms with Gasteiger partial charge in [-0.25, -0.2) is 9.59 Å². The molecule has 2 aromatic rings. The summed E-state index contributed by atoms with van der Waals surface area (Å²) >= 11 is 0. The lowest BCUT2D eigenvalue weighted by Crippen LogP contribution is -2.49. The summed E-state index contributed by atoms with van der Waals surface area (Å²) in [4.78, 5) is 52.1. The topological polar surface area (TPSA) is 152 Å². The van der Waals surface area contributed by atoms with Crippen LogP contribution in [0.25, 0.3) is 0 Å². The maximum atomic E-state index is 13.4. The molecule has 0 saturated carbocycles. The SMILES string of the molecule is COC[C@@H]1NC(=O)[C@@H](CC(=O)N[C@@H](C)CO)CC=CC[C@@H](NC(=O)OCc2ccccc2)C(=O)O[C@H]1c1ccccc1. The van der Waals surface area contributed by atoms with Gasteiger partial charge in [-0.2, -0.15) is 0 Å². The number of carbonyl (C=O) groups is 4. The third kappa shape index (κ3) is 10.3. The number of alkyl carbamates (subject to hydrolysis) is 1. The highest BCUT2D eigenvalue weighted by Crippen LogP contribution is 2.25. The Hall–Kier alpha value is -4.22. The highest BCUT2D eigenvalue weighted by molar-refractivity contribution is 5.86. The van der Waals surface area contributed by atoms with E-state index in [9.17, 15) is 24.3 Å². The highest BCUT2D eigenvalue weighted by Gasteiger charge is 2.34. The first-order valence-corrected chi connectivity index (χ1v) is 13.9. The number of hydrogen-bond donors (Lipinski definition) is 4. The van der Waals surface area contributed by atoms with Crippen molar-refractivity contribution in [2.45, 2.75) is 57.0 Å². The maximum Gasteiger partial charge on any atom is 0.408 e. The lowest BCUT2D eigenvalue weighted by molar-refractivity contribution is -0.155. The van der Waals surface area contributed by atoms with Crippen molar-refractivity contribution in [2.24, 2.45) is 5.92 Å². The minimum absolute atomic E-state index is 0.00605. The zero-order valence-corrected chi connectivity index (χ0v) is 23.9. The number of ether oxygens (including phenoxy) is 3. The van der Waals surface area contributed by atoms with Gasteiger partial charge in [0.25, 0.3) is 0 Å². The lowest BCUT2D eigenvalue weighted by atomic mass is 9.96. The summed E-state index contributed by atoms with van der Waals surface area (Å²) in [6.07, 6.45) is 1.74. The lowest BCUT2D eigenvalue weighted by Gasteiger charge is -2.31. The van der Waals surface area contributed by atoms with E-state index in [1.54, 1.807) is 43.3 Å². The molecule has 226 valence electrons. The van der Waals surface area contributed by atoms with Crippen LogP contribution in [0.1, 0.15) is 43.4 Å². The second-order valence-electron chi connectivity index (χ2n) is 10.1. The number of aliphatic hydroxyl groups excluding tert-OH is 1. The summed E-state index contributed by atoms with van der Waals surface area (Å²) in [5.41, 5.74) is 1.40. The number of esters is 1. The van der Waals surface area contributed by atoms with Crippen LogP contribution >= 0.6 is 0 Å². The average Bonchev–Trinajstić information content (AvgIpc) is 2.99. The predicted molar refractivity (Wildman–Crippen MR) is 154 cm³/mol. The Bertz CT molecular complexity index is 1190. The van der Waals surface area contributed by atoms with E-state index in [1.165, 1.54) is 7.11 Å². The Morgan fingerprint density at radius 1 is 1.05 bits per heavy atom. The summed E-state index contributed by atoms with van der Waals surface area (Å²) < 4.78 is 16.6. The minimum atomic E-state index is -1.08. The summed E-state index contributed by atoms with van der Waals surface area (Å²) in [5.74, 6) is -2.26. The fourth-order valence-electron chi connectivity index (χ4n) is 4.42. The Morgan fingerprint density at radius 3 is 2.38 bits per heavy atom. The van der Waals surface area contributed by atoms with Crippen molar-refractivity contribution in [2.75, 3.05) is 20.3 Å². The second-order valence-corrected chi connectivity index (χ2v) is 10.1. The van der Waals surface area contributed by atoms with E-state index < -0.39 is 48.1 Å². The normalized spacial score (nSPS) is 22.0. The summed E-state index contributed by atoms with van der Waals surface area (Å²) in [7, 11) is 1.46. The van der Waals surface area contributed by atoms with Crippen molar-refractivity contribution in [1.29, 1.82) is 0 Å². The molecular formula is C31H39N3O8. The van der Waals surface area contributed by atoms with Crippen molar-refractivity contribution < 1.29 is 38.5 Å². The van der Waals surface area contributed by atoms with E-state index in [2.05, 4.69) is 16.0 Å². The molecule has 4 N–H and O–H groups in total. The molecule has 42 heavy (non-hydrogen) atoms. The number of hydrogen-bond acceptors (Lipinski definition) is 8. The fraction of sp³-hybridized carbons (Fsp3) is 0.419. The molecule has 3 rings (SSSR count). The van der Waals surface area contributed by atoms with Crippen molar-refractivity contribution in [3.05, 3.63) is 83.9 Å². The van der Waals surface area contributed by atoms with Gasteiger partial charge in [-0.05, 0) is 30.9 Å². The molecule has 1 aliphatic heterocycles. The largest absolute Gasteiger partial charge is 0.454 e. The number of carbonyl (C=O) groups excluding carboxylic acids is 4. The smallest absolute Gasteiger partial charge is 0.408 e. The number of methoxy groups -OCH3 is 1. The Kier molecular flexibility index (Phi) is 13.0. The third-order valence-corrected chi connectivity index (χ3v) is 6.64. The minimum Gasteiger partial charge on any atom is -0.454 e. The van der Waals surface area contributed by atoms with Crippen molar-refractivity contribution in [3.63, 3.8) is 0 Å². The number of amides is 3. The standard InChI is InChI=1S/C31H39N3O8/c1-21(18-35)32-27(36)17-24-15-9-10-16-25(34-31(39)41-19-22-11-5-3-6-12-22)30(38)42-28(23-13-7-4-8-14-23)26(20-40-2)33-29(24)37/h3-14,21,24-26,28,35H,15-20H2,1-2H3,(H,32,36)(H,33,37)(H,34,39)/t21-,24+,25+,26-,28-/m0/s1. The maximum absolute atomic E-state index is 13.4. The summed E-state index contributed by atoms with van der Waals surface area (Å²) in [6, 6.07) is 15.7. The summed E-state index contributed by atoms with van der Waals surface area (Å²) in [6.45, 7) is 1.46. The van der Waals surface area contributed by atoms with Crippen LogP contribution in [-0.2, 0) is 35.2 Å². The van der Waals surface area contributed by atoms with Gasteiger partial charge >= 0.3 is 12.1 Å². The number of benzene rings is 2. The Labute approximate surface area is 245 Å². The predicted octanol–water partition coefficient (Wildman–Crippen LogP) is 2.55. The van der Waals surface area contributed by atoms with Crippen LogP contribution in [0.2, 0.25) is 0 Å². The van der Waals surface area contributed by atoms with Gasteiger partial charge in [0, 0.05) is 19.6 Å². The molecule has 0 saturated heterocycles. The van der Waals surface area contributed by atoms with Gasteiger partial charge in [0.15, 0.2) is 0 Å². The molecule has 11 nitrogen and oxygen atoms in total. The summed E-state index contributed by atoms with van der Waals surface area (Å²) in [5, 5.41) is 17.4. The zero-order chi connectivity index (χ0) is 30.3. The number of allylic oxidation sites excluding steroid dienone is 1. The van der Waals surface area contributed by atoms with Crippen molar-refractivity contribution in [1.82, 2.24) is 16.0 Å². The first-order chi connectivity index (χ1) is 20.3. The second kappa shape index (κ2) is 16.9. The van der Waals surface area contributed by atoms with Gasteiger partial charge in [-0.3, -0.25) is 9.59 Å². The molecule has 3 amide bonds. The molecule has 0 radical (unpaired) electrons. The van der Waals surface area contributed by atoms with Crippen LogP contribution < -0.4 is 16.0 Å². The molecule has 0 fully saturated rings. The van der Waals surface area contributed by atoms with Gasteiger partial charge in [0.2, 0.25) is 11.8 Å². The first kappa shape index (κ1) is 32.3. The molecule has 0 spiro atoms. The van der Waals surface area contributed by atoms with Crippen molar-refractivity contribution >= 4 is 23.9 Å². The van der Waals surface area contributed by atoms with Crippen LogP contribution in [0.5, 0.6) is 0 Å². The van der Waals surface area contributed by atoms with E-state index in [4.69, 9.17) is 14.2 Å². The molecule has 0 aromatic heterocycles. The third-order valence-electron chi connectivity index (χ3n) is 6.64. The molecule has 5 atom stereocenters. The van der Waals surface area contributed by atoms with E-state index in [0.717, 1.165) is 5.56 Å². The van der Waals surface area contributed by atoms with Gasteiger partial charge in [-0.1, -0.05) is 72.8 Å². The van der Waals surface area contributed by atoms with Gasteiger partial charge in [-0.15, -0.1) is 0 Å². The van der Waals surface area contributed by atoms with Crippen LogP contribution in [0.4, 0.5) is 4.79 Å². The average molecular weight is 582 g/mol. The van der Waals surface area contributed by atoms with Crippen LogP contribution in [0.3, 0.4) is 0 Å². The van der Waals surface area contributed by atoms with E-state index in [1.807, 2.05) is 36.4 Å². The van der Waals surface area contributed by atoms with Crippen LogP contribution in [-0.4, -0.2) is 67.4 Å². The first-order valence-electron chi connectivity index (χ1n) is 13.9.